The van der Waals surface area contributed by atoms with Crippen LogP contribution in [0.3, 0.4) is 0 Å². The van der Waals surface area contributed by atoms with E-state index in [0.29, 0.717) is 16.0 Å². The average Bonchev–Trinajstić information content (AvgIpc) is 2.93. The van der Waals surface area contributed by atoms with Crippen molar-refractivity contribution in [2.24, 2.45) is 0 Å². The molecule has 1 aliphatic rings. The minimum Gasteiger partial charge on any atom is -0.349 e. The van der Waals surface area contributed by atoms with Gasteiger partial charge in [-0.1, -0.05) is 0 Å². The topological polar surface area (TPSA) is 86.6 Å². The Morgan fingerprint density at radius 1 is 1.29 bits per heavy atom. The largest absolute Gasteiger partial charge is 0.400 e. The van der Waals surface area contributed by atoms with Crippen LogP contribution in [0, 0.1) is 0 Å². The third-order valence-electron chi connectivity index (χ3n) is 4.58. The number of nitrogens with one attached hydrogen (secondary N) is 1. The highest BCUT2D eigenvalue weighted by atomic mass is 79.9. The highest BCUT2D eigenvalue weighted by Gasteiger charge is 2.53. The van der Waals surface area contributed by atoms with E-state index in [1.807, 2.05) is 0 Å². The zero-order valence-corrected chi connectivity index (χ0v) is 17.4. The number of rotatable bonds is 4. The molecule has 0 bridgehead atoms. The molecule has 1 heterocycles. The minimum atomic E-state index is -5.73. The molecule has 12 heteroatoms. The van der Waals surface area contributed by atoms with Crippen LogP contribution in [-0.4, -0.2) is 27.7 Å². The molecule has 2 aromatic rings. The van der Waals surface area contributed by atoms with Gasteiger partial charge in [-0.2, -0.15) is 8.78 Å². The van der Waals surface area contributed by atoms with Gasteiger partial charge in [-0.25, -0.2) is 8.78 Å². The lowest BCUT2D eigenvalue weighted by molar-refractivity contribution is -0.0399. The van der Waals surface area contributed by atoms with Crippen molar-refractivity contribution < 1.29 is 36.7 Å². The van der Waals surface area contributed by atoms with Crippen molar-refractivity contribution in [2.45, 2.75) is 43.3 Å². The lowest BCUT2D eigenvalue weighted by atomic mass is 9.92. The summed E-state index contributed by atoms with van der Waals surface area (Å²) in [5, 5.41) is 2.87. The Morgan fingerprint density at radius 2 is 1.89 bits per heavy atom. The molecule has 1 aliphatic carbocycles. The van der Waals surface area contributed by atoms with Gasteiger partial charge in [-0.15, -0.1) is 11.3 Å². The first-order chi connectivity index (χ1) is 12.8. The van der Waals surface area contributed by atoms with Gasteiger partial charge in [-0.3, -0.25) is 9.36 Å². The van der Waals surface area contributed by atoms with Gasteiger partial charge in [0, 0.05) is 39.0 Å². The van der Waals surface area contributed by atoms with Gasteiger partial charge < -0.3 is 15.1 Å². The molecule has 0 atom stereocenters. The third-order valence-corrected chi connectivity index (χ3v) is 8.01. The third kappa shape index (κ3) is 4.14. The SMILES string of the molecule is O=C(NC1CCC(F)(F)CC1)c1ccc2sc(C(F)(F)P(=O)(O)O)c(Br)c2c1. The van der Waals surface area contributed by atoms with Crippen LogP contribution in [0.1, 0.15) is 40.9 Å². The number of hydrogen-bond donors (Lipinski definition) is 3. The molecule has 1 saturated carbocycles. The summed E-state index contributed by atoms with van der Waals surface area (Å²) in [4.78, 5) is 29.5. The number of carbonyl (C=O) groups excluding carboxylic acids is 1. The maximum absolute atomic E-state index is 14.1. The van der Waals surface area contributed by atoms with Gasteiger partial charge in [-0.05, 0) is 47.0 Å². The predicted octanol–water partition coefficient (Wildman–Crippen LogP) is 5.20. The second kappa shape index (κ2) is 7.36. The summed E-state index contributed by atoms with van der Waals surface area (Å²) in [6.45, 7) is 0. The summed E-state index contributed by atoms with van der Waals surface area (Å²) in [5.41, 5.74) is -4.24. The number of benzene rings is 1. The standard InChI is InChI=1S/C16H15BrF4NO4PS/c17-12-10-7-8(14(23)22-9-3-5-15(18,19)6-4-9)1-2-11(10)28-13(12)16(20,21)27(24,25)26/h1-2,7,9H,3-6H2,(H,22,23)(H2,24,25,26). The maximum atomic E-state index is 14.1. The van der Waals surface area contributed by atoms with Crippen LogP contribution < -0.4 is 5.32 Å². The van der Waals surface area contributed by atoms with E-state index in [2.05, 4.69) is 21.2 Å². The van der Waals surface area contributed by atoms with Crippen LogP contribution in [0.2, 0.25) is 0 Å². The van der Waals surface area contributed by atoms with Crippen molar-refractivity contribution in [3.8, 4) is 0 Å². The zero-order valence-electron chi connectivity index (χ0n) is 14.1. The molecule has 0 aliphatic heterocycles. The summed E-state index contributed by atoms with van der Waals surface area (Å²) >= 11 is 3.46. The predicted molar refractivity (Wildman–Crippen MR) is 100 cm³/mol. The number of halogens is 5. The molecule has 1 fully saturated rings. The lowest BCUT2D eigenvalue weighted by Gasteiger charge is -2.28. The lowest BCUT2D eigenvalue weighted by Crippen LogP contribution is -2.40. The fraction of sp³-hybridized carbons (Fsp3) is 0.438. The van der Waals surface area contributed by atoms with Gasteiger partial charge in [0.25, 0.3) is 5.91 Å². The first-order valence-corrected chi connectivity index (χ1v) is 11.4. The van der Waals surface area contributed by atoms with Crippen molar-refractivity contribution >= 4 is 50.9 Å². The first kappa shape index (κ1) is 21.7. The van der Waals surface area contributed by atoms with Crippen molar-refractivity contribution in [3.63, 3.8) is 0 Å². The molecule has 154 valence electrons. The molecular weight excluding hydrogens is 489 g/mol. The van der Waals surface area contributed by atoms with E-state index in [1.54, 1.807) is 0 Å². The summed E-state index contributed by atoms with van der Waals surface area (Å²) in [7, 11) is -5.73. The summed E-state index contributed by atoms with van der Waals surface area (Å²) in [6, 6.07) is 3.70. The fourth-order valence-electron chi connectivity index (χ4n) is 2.99. The Kier molecular flexibility index (Phi) is 5.70. The number of hydrogen-bond acceptors (Lipinski definition) is 3. The number of amides is 1. The normalized spacial score (nSPS) is 18.4. The Morgan fingerprint density at radius 3 is 2.46 bits per heavy atom. The Labute approximate surface area is 169 Å². The highest BCUT2D eigenvalue weighted by molar-refractivity contribution is 9.10. The van der Waals surface area contributed by atoms with Crippen LogP contribution in [0.4, 0.5) is 17.6 Å². The molecule has 1 amide bonds. The van der Waals surface area contributed by atoms with Crippen LogP contribution in [0.25, 0.3) is 10.1 Å². The fourth-order valence-corrected chi connectivity index (χ4v) is 5.91. The van der Waals surface area contributed by atoms with Gasteiger partial charge >= 0.3 is 13.3 Å². The minimum absolute atomic E-state index is 0.134. The van der Waals surface area contributed by atoms with Crippen LogP contribution in [-0.2, 0) is 10.2 Å². The highest BCUT2D eigenvalue weighted by Crippen LogP contribution is 2.62. The van der Waals surface area contributed by atoms with E-state index >= 15 is 0 Å². The van der Waals surface area contributed by atoms with Crippen LogP contribution in [0.5, 0.6) is 0 Å². The Balaban J connectivity index is 1.85. The number of fused-ring (bicyclic) bond motifs is 1. The second-order valence-electron chi connectivity index (χ2n) is 6.65. The van der Waals surface area contributed by atoms with E-state index in [-0.39, 0.29) is 41.1 Å². The maximum Gasteiger partial charge on any atom is 0.400 e. The van der Waals surface area contributed by atoms with E-state index < -0.39 is 36.0 Å². The second-order valence-corrected chi connectivity index (χ2v) is 10.1. The van der Waals surface area contributed by atoms with Crippen molar-refractivity contribution in [3.05, 3.63) is 33.1 Å². The molecule has 1 aromatic heterocycles. The summed E-state index contributed by atoms with van der Waals surface area (Å²) < 4.78 is 65.8. The quantitative estimate of drug-likeness (QED) is 0.395. The number of thiophene rings is 1. The van der Waals surface area contributed by atoms with Crippen LogP contribution in [0.15, 0.2) is 22.7 Å². The monoisotopic (exact) mass is 503 g/mol. The molecule has 0 radical (unpaired) electrons. The van der Waals surface area contributed by atoms with Crippen molar-refractivity contribution in [1.82, 2.24) is 5.32 Å². The summed E-state index contributed by atoms with van der Waals surface area (Å²) in [5.74, 6) is -3.25. The van der Waals surface area contributed by atoms with Gasteiger partial charge in [0.1, 0.15) is 4.88 Å². The smallest absolute Gasteiger partial charge is 0.349 e. The molecule has 0 saturated heterocycles. The van der Waals surface area contributed by atoms with Crippen molar-refractivity contribution in [1.29, 1.82) is 0 Å². The first-order valence-electron chi connectivity index (χ1n) is 8.16. The molecule has 5 nitrogen and oxygen atoms in total. The van der Waals surface area contributed by atoms with E-state index in [9.17, 15) is 26.9 Å². The van der Waals surface area contributed by atoms with Gasteiger partial charge in [0.05, 0.1) is 0 Å². The molecular formula is C16H15BrF4NO4PS. The summed E-state index contributed by atoms with van der Waals surface area (Å²) in [6.07, 6.45) is -0.342. The van der Waals surface area contributed by atoms with Crippen molar-refractivity contribution in [2.75, 3.05) is 0 Å². The molecule has 3 N–H and O–H groups in total. The zero-order chi connectivity index (χ0) is 20.9. The van der Waals surface area contributed by atoms with E-state index in [0.717, 1.165) is 0 Å². The van der Waals surface area contributed by atoms with E-state index in [4.69, 9.17) is 9.79 Å². The number of alkyl halides is 4. The molecule has 0 unspecified atom stereocenters. The van der Waals surface area contributed by atoms with Gasteiger partial charge in [0.2, 0.25) is 5.92 Å². The molecule has 1 aromatic carbocycles. The Bertz CT molecular complexity index is 967. The number of carbonyl (C=O) groups is 1. The van der Waals surface area contributed by atoms with E-state index in [1.165, 1.54) is 18.2 Å². The Hall–Kier alpha value is -1.00. The average molecular weight is 504 g/mol. The molecule has 28 heavy (non-hydrogen) atoms. The van der Waals surface area contributed by atoms with Crippen LogP contribution >= 0.6 is 34.9 Å². The molecule has 3 rings (SSSR count). The molecule has 0 spiro atoms. The van der Waals surface area contributed by atoms with Gasteiger partial charge in [0.15, 0.2) is 0 Å².